The van der Waals surface area contributed by atoms with Gasteiger partial charge in [0.1, 0.15) is 0 Å². The smallest absolute Gasteiger partial charge is 0.220 e. The van der Waals surface area contributed by atoms with E-state index in [-0.39, 0.29) is 18.3 Å². The Labute approximate surface area is 131 Å². The summed E-state index contributed by atoms with van der Waals surface area (Å²) in [6.07, 6.45) is 7.83. The van der Waals surface area contributed by atoms with Gasteiger partial charge in [-0.2, -0.15) is 0 Å². The molecule has 1 saturated heterocycles. The van der Waals surface area contributed by atoms with Crippen molar-refractivity contribution in [2.75, 3.05) is 19.6 Å². The summed E-state index contributed by atoms with van der Waals surface area (Å²) >= 11 is 0. The van der Waals surface area contributed by atoms with E-state index in [1.165, 1.54) is 32.1 Å². The van der Waals surface area contributed by atoms with E-state index in [1.807, 2.05) is 0 Å². The molecule has 20 heavy (non-hydrogen) atoms. The van der Waals surface area contributed by atoms with Gasteiger partial charge in [0.2, 0.25) is 5.91 Å². The van der Waals surface area contributed by atoms with Crippen LogP contribution in [0.1, 0.15) is 65.7 Å². The van der Waals surface area contributed by atoms with E-state index >= 15 is 0 Å². The first kappa shape index (κ1) is 19.7. The summed E-state index contributed by atoms with van der Waals surface area (Å²) in [4.78, 5) is 12.0. The molecule has 0 spiro atoms. The number of hydrogen-bond donors (Lipinski definition) is 2. The predicted octanol–water partition coefficient (Wildman–Crippen LogP) is 3.52. The Balaban J connectivity index is 0.00000361. The molecule has 4 heteroatoms. The normalized spacial score (nSPS) is 18.9. The number of hydrogen-bond acceptors (Lipinski definition) is 2. The van der Waals surface area contributed by atoms with Crippen molar-refractivity contribution in [3.8, 4) is 0 Å². The van der Waals surface area contributed by atoms with Gasteiger partial charge in [0.25, 0.3) is 0 Å². The van der Waals surface area contributed by atoms with Crippen molar-refractivity contribution in [3.05, 3.63) is 0 Å². The van der Waals surface area contributed by atoms with E-state index in [9.17, 15) is 4.79 Å². The first-order chi connectivity index (χ1) is 9.09. The van der Waals surface area contributed by atoms with Gasteiger partial charge in [-0.3, -0.25) is 4.79 Å². The molecule has 0 saturated carbocycles. The maximum Gasteiger partial charge on any atom is 0.220 e. The van der Waals surface area contributed by atoms with Crippen LogP contribution in [0, 0.1) is 11.3 Å². The summed E-state index contributed by atoms with van der Waals surface area (Å²) < 4.78 is 0. The van der Waals surface area contributed by atoms with Gasteiger partial charge in [-0.25, -0.2) is 0 Å². The summed E-state index contributed by atoms with van der Waals surface area (Å²) in [7, 11) is 0. The van der Waals surface area contributed by atoms with Gasteiger partial charge in [0, 0.05) is 13.0 Å². The second-order valence-electron chi connectivity index (χ2n) is 6.46. The summed E-state index contributed by atoms with van der Waals surface area (Å²) in [6, 6.07) is 0. The van der Waals surface area contributed by atoms with Crippen LogP contribution in [0.15, 0.2) is 0 Å². The van der Waals surface area contributed by atoms with Crippen LogP contribution in [-0.4, -0.2) is 25.5 Å². The maximum absolute atomic E-state index is 12.0. The highest BCUT2D eigenvalue weighted by molar-refractivity contribution is 5.85. The fraction of sp³-hybridized carbons (Fsp3) is 0.938. The SMILES string of the molecule is CCCCC(CC)CC(=O)NCC1(C)CCNCC1.Cl. The van der Waals surface area contributed by atoms with Crippen molar-refractivity contribution >= 4 is 18.3 Å². The Morgan fingerprint density at radius 2 is 1.95 bits per heavy atom. The molecule has 0 aromatic carbocycles. The highest BCUT2D eigenvalue weighted by atomic mass is 35.5. The van der Waals surface area contributed by atoms with E-state index in [2.05, 4.69) is 31.4 Å². The lowest BCUT2D eigenvalue weighted by Crippen LogP contribution is -2.43. The van der Waals surface area contributed by atoms with E-state index < -0.39 is 0 Å². The van der Waals surface area contributed by atoms with Crippen LogP contribution in [0.2, 0.25) is 0 Å². The lowest BCUT2D eigenvalue weighted by Gasteiger charge is -2.34. The molecule has 0 aromatic heterocycles. The molecule has 0 bridgehead atoms. The molecule has 120 valence electrons. The van der Waals surface area contributed by atoms with Gasteiger partial charge in [0.05, 0.1) is 0 Å². The molecule has 3 nitrogen and oxygen atoms in total. The van der Waals surface area contributed by atoms with Crippen LogP contribution in [0.3, 0.4) is 0 Å². The van der Waals surface area contributed by atoms with Crippen LogP contribution < -0.4 is 10.6 Å². The fourth-order valence-electron chi connectivity index (χ4n) is 2.80. The quantitative estimate of drug-likeness (QED) is 0.720. The Morgan fingerprint density at radius 1 is 1.30 bits per heavy atom. The third-order valence-corrected chi connectivity index (χ3v) is 4.54. The van der Waals surface area contributed by atoms with Gasteiger partial charge >= 0.3 is 0 Å². The van der Waals surface area contributed by atoms with Crippen molar-refractivity contribution in [2.24, 2.45) is 11.3 Å². The highest BCUT2D eigenvalue weighted by Gasteiger charge is 2.27. The molecule has 0 aromatic rings. The van der Waals surface area contributed by atoms with Crippen LogP contribution in [0.25, 0.3) is 0 Å². The molecular weight excluding hydrogens is 272 g/mol. The largest absolute Gasteiger partial charge is 0.356 e. The van der Waals surface area contributed by atoms with Crippen molar-refractivity contribution < 1.29 is 4.79 Å². The molecular formula is C16H33ClN2O. The molecule has 1 aliphatic heterocycles. The summed E-state index contributed by atoms with van der Waals surface area (Å²) in [6.45, 7) is 9.72. The van der Waals surface area contributed by atoms with Crippen LogP contribution in [-0.2, 0) is 4.79 Å². The summed E-state index contributed by atoms with van der Waals surface area (Å²) in [5, 5.41) is 6.55. The number of piperidine rings is 1. The minimum absolute atomic E-state index is 0. The van der Waals surface area contributed by atoms with Crippen molar-refractivity contribution in [2.45, 2.75) is 65.7 Å². The topological polar surface area (TPSA) is 41.1 Å². The third kappa shape index (κ3) is 7.49. The number of carbonyl (C=O) groups excluding carboxylic acids is 1. The van der Waals surface area contributed by atoms with Gasteiger partial charge < -0.3 is 10.6 Å². The Bertz CT molecular complexity index is 265. The Morgan fingerprint density at radius 3 is 2.50 bits per heavy atom. The molecule has 1 atom stereocenters. The first-order valence-corrected chi connectivity index (χ1v) is 8.07. The number of unbranched alkanes of at least 4 members (excludes halogenated alkanes) is 1. The van der Waals surface area contributed by atoms with Gasteiger partial charge in [0.15, 0.2) is 0 Å². The monoisotopic (exact) mass is 304 g/mol. The molecule has 2 N–H and O–H groups in total. The molecule has 1 unspecified atom stereocenters. The van der Waals surface area contributed by atoms with E-state index in [4.69, 9.17) is 0 Å². The number of amides is 1. The molecule has 1 rings (SSSR count). The number of carbonyl (C=O) groups is 1. The second-order valence-corrected chi connectivity index (χ2v) is 6.46. The molecule has 0 aliphatic carbocycles. The summed E-state index contributed by atoms with van der Waals surface area (Å²) in [5.41, 5.74) is 0.298. The highest BCUT2D eigenvalue weighted by Crippen LogP contribution is 2.26. The predicted molar refractivity (Wildman–Crippen MR) is 88.4 cm³/mol. The molecule has 0 radical (unpaired) electrons. The Kier molecular flexibility index (Phi) is 10.3. The zero-order chi connectivity index (χ0) is 14.1. The lowest BCUT2D eigenvalue weighted by molar-refractivity contribution is -0.122. The average molecular weight is 305 g/mol. The van der Waals surface area contributed by atoms with Crippen LogP contribution in [0.5, 0.6) is 0 Å². The zero-order valence-electron chi connectivity index (χ0n) is 13.5. The second kappa shape index (κ2) is 10.4. The van der Waals surface area contributed by atoms with Gasteiger partial charge in [-0.05, 0) is 43.7 Å². The average Bonchev–Trinajstić information content (AvgIpc) is 2.42. The van der Waals surface area contributed by atoms with E-state index in [0.29, 0.717) is 17.8 Å². The van der Waals surface area contributed by atoms with Gasteiger partial charge in [-0.1, -0.05) is 40.0 Å². The van der Waals surface area contributed by atoms with Crippen LogP contribution in [0.4, 0.5) is 0 Å². The third-order valence-electron chi connectivity index (χ3n) is 4.54. The lowest BCUT2D eigenvalue weighted by atomic mass is 9.81. The first-order valence-electron chi connectivity index (χ1n) is 8.07. The van der Waals surface area contributed by atoms with Crippen molar-refractivity contribution in [1.29, 1.82) is 0 Å². The molecule has 1 fully saturated rings. The standard InChI is InChI=1S/C16H32N2O.ClH/c1-4-6-7-14(5-2)12-15(19)18-13-16(3)8-10-17-11-9-16;/h14,17H,4-13H2,1-3H3,(H,18,19);1H. The fourth-order valence-corrected chi connectivity index (χ4v) is 2.80. The van der Waals surface area contributed by atoms with Crippen molar-refractivity contribution in [3.63, 3.8) is 0 Å². The molecule has 1 heterocycles. The molecule has 1 amide bonds. The minimum Gasteiger partial charge on any atom is -0.356 e. The Hall–Kier alpha value is -0.280. The van der Waals surface area contributed by atoms with Crippen LogP contribution >= 0.6 is 12.4 Å². The number of halogens is 1. The zero-order valence-corrected chi connectivity index (χ0v) is 14.3. The van der Waals surface area contributed by atoms with E-state index in [1.54, 1.807) is 0 Å². The number of rotatable bonds is 8. The van der Waals surface area contributed by atoms with E-state index in [0.717, 1.165) is 26.1 Å². The summed E-state index contributed by atoms with van der Waals surface area (Å²) in [5.74, 6) is 0.823. The maximum atomic E-state index is 12.0. The minimum atomic E-state index is 0. The van der Waals surface area contributed by atoms with Gasteiger partial charge in [-0.15, -0.1) is 12.4 Å². The molecule has 1 aliphatic rings. The number of nitrogens with one attached hydrogen (secondary N) is 2. The van der Waals surface area contributed by atoms with Crippen molar-refractivity contribution in [1.82, 2.24) is 10.6 Å².